The third kappa shape index (κ3) is 3.81. The minimum absolute atomic E-state index is 0.139. The van der Waals surface area contributed by atoms with E-state index in [0.717, 1.165) is 29.7 Å². The fourth-order valence-corrected chi connectivity index (χ4v) is 3.47. The number of carbonyl (C=O) groups is 3. The maximum Gasteiger partial charge on any atom is 0.408 e. The van der Waals surface area contributed by atoms with E-state index in [1.54, 1.807) is 11.9 Å². The Labute approximate surface area is 169 Å². The van der Waals surface area contributed by atoms with Crippen molar-refractivity contribution in [1.82, 2.24) is 10.6 Å². The molecule has 2 aromatic rings. The van der Waals surface area contributed by atoms with Crippen LogP contribution in [0.25, 0.3) is 11.1 Å². The summed E-state index contributed by atoms with van der Waals surface area (Å²) in [4.78, 5) is 39.3. The van der Waals surface area contributed by atoms with Crippen molar-refractivity contribution in [3.63, 3.8) is 0 Å². The van der Waals surface area contributed by atoms with Crippen LogP contribution in [-0.2, 0) is 14.3 Å². The second-order valence-electron chi connectivity index (χ2n) is 7.41. The van der Waals surface area contributed by atoms with Gasteiger partial charge in [-0.1, -0.05) is 42.5 Å². The van der Waals surface area contributed by atoms with Gasteiger partial charge in [-0.15, -0.1) is 0 Å². The number of para-hydroxylation sites is 1. The monoisotopic (exact) mass is 393 g/mol. The molecule has 1 saturated carbocycles. The van der Waals surface area contributed by atoms with E-state index in [1.165, 1.54) is 6.92 Å². The van der Waals surface area contributed by atoms with Gasteiger partial charge in [-0.3, -0.25) is 9.59 Å². The average molecular weight is 393 g/mol. The molecule has 0 saturated heterocycles. The molecule has 0 bridgehead atoms. The summed E-state index contributed by atoms with van der Waals surface area (Å²) in [6.07, 6.45) is 0.211. The van der Waals surface area contributed by atoms with Crippen molar-refractivity contribution in [2.24, 2.45) is 0 Å². The summed E-state index contributed by atoms with van der Waals surface area (Å²) in [5.41, 5.74) is 3.28. The zero-order valence-corrected chi connectivity index (χ0v) is 16.3. The molecule has 2 N–H and O–H groups in total. The molecule has 4 rings (SSSR count). The number of ether oxygens (including phenoxy) is 1. The second-order valence-corrected chi connectivity index (χ2v) is 7.41. The summed E-state index contributed by atoms with van der Waals surface area (Å²) in [5, 5.41) is 5.45. The Morgan fingerprint density at radius 1 is 1.03 bits per heavy atom. The van der Waals surface area contributed by atoms with E-state index >= 15 is 0 Å². The Balaban J connectivity index is 1.59. The quantitative estimate of drug-likeness (QED) is 0.836. The number of nitrogens with zero attached hydrogens (tertiary/aromatic N) is 1. The van der Waals surface area contributed by atoms with Crippen LogP contribution in [0.5, 0.6) is 0 Å². The van der Waals surface area contributed by atoms with Crippen molar-refractivity contribution in [3.8, 4) is 11.1 Å². The Hall–Kier alpha value is -3.35. The van der Waals surface area contributed by atoms with Gasteiger partial charge in [-0.05, 0) is 37.0 Å². The fourth-order valence-electron chi connectivity index (χ4n) is 3.47. The van der Waals surface area contributed by atoms with Crippen molar-refractivity contribution in [2.75, 3.05) is 11.9 Å². The maximum absolute atomic E-state index is 13.2. The fraction of sp³-hybridized carbons (Fsp3) is 0.318. The van der Waals surface area contributed by atoms with E-state index in [-0.39, 0.29) is 11.9 Å². The van der Waals surface area contributed by atoms with E-state index in [0.29, 0.717) is 5.56 Å². The van der Waals surface area contributed by atoms with Crippen molar-refractivity contribution >= 4 is 23.6 Å². The van der Waals surface area contributed by atoms with Gasteiger partial charge in [0.05, 0.1) is 5.69 Å². The third-order valence-corrected chi connectivity index (χ3v) is 5.24. The van der Waals surface area contributed by atoms with E-state index < -0.39 is 24.1 Å². The summed E-state index contributed by atoms with van der Waals surface area (Å²) in [6.45, 7) is 1.49. The number of benzene rings is 2. The molecular weight excluding hydrogens is 370 g/mol. The molecule has 0 radical (unpaired) electrons. The molecule has 7 nitrogen and oxygen atoms in total. The second kappa shape index (κ2) is 7.58. The Morgan fingerprint density at radius 3 is 2.41 bits per heavy atom. The van der Waals surface area contributed by atoms with Gasteiger partial charge in [-0.25, -0.2) is 4.79 Å². The smallest absolute Gasteiger partial charge is 0.408 e. The van der Waals surface area contributed by atoms with Gasteiger partial charge in [0.25, 0.3) is 11.8 Å². The summed E-state index contributed by atoms with van der Waals surface area (Å²) >= 11 is 0. The number of nitrogens with one attached hydrogen (secondary N) is 2. The van der Waals surface area contributed by atoms with Gasteiger partial charge >= 0.3 is 6.09 Å². The SMILES string of the molecule is C[C@H](OC(=O)NC1CC1)C(=O)NC1C(=O)N(C)c2ccccc2-c2ccccc21. The first-order valence-corrected chi connectivity index (χ1v) is 9.69. The molecule has 0 aromatic heterocycles. The lowest BCUT2D eigenvalue weighted by Crippen LogP contribution is -2.45. The molecule has 7 heteroatoms. The number of rotatable bonds is 4. The topological polar surface area (TPSA) is 87.7 Å². The summed E-state index contributed by atoms with van der Waals surface area (Å²) in [7, 11) is 1.69. The lowest BCUT2D eigenvalue weighted by molar-refractivity contribution is -0.132. The van der Waals surface area contributed by atoms with E-state index in [4.69, 9.17) is 4.74 Å². The van der Waals surface area contributed by atoms with Crippen LogP contribution < -0.4 is 15.5 Å². The van der Waals surface area contributed by atoms with Crippen LogP contribution >= 0.6 is 0 Å². The standard InChI is InChI=1S/C22H23N3O4/c1-13(29-22(28)23-14-11-12-14)20(26)24-19-17-9-4-3-7-15(17)16-8-5-6-10-18(16)25(2)21(19)27/h3-10,13-14,19H,11-12H2,1-2H3,(H,23,28)(H,24,26)/t13-,19?/m0/s1. The lowest BCUT2D eigenvalue weighted by Gasteiger charge is -2.24. The largest absolute Gasteiger partial charge is 0.436 e. The Kier molecular flexibility index (Phi) is 4.96. The first-order chi connectivity index (χ1) is 14.0. The molecule has 1 fully saturated rings. The molecular formula is C22H23N3O4. The van der Waals surface area contributed by atoms with Crippen LogP contribution in [0.15, 0.2) is 48.5 Å². The molecule has 150 valence electrons. The first kappa shape index (κ1) is 19.0. The summed E-state index contributed by atoms with van der Waals surface area (Å²) in [5.74, 6) is -0.783. The first-order valence-electron chi connectivity index (χ1n) is 9.69. The molecule has 2 aliphatic rings. The number of alkyl carbamates (subject to hydrolysis) is 1. The highest BCUT2D eigenvalue weighted by Crippen LogP contribution is 2.39. The molecule has 29 heavy (non-hydrogen) atoms. The molecule has 1 aliphatic heterocycles. The number of fused-ring (bicyclic) bond motifs is 3. The molecule has 1 aliphatic carbocycles. The molecule has 0 spiro atoms. The van der Waals surface area contributed by atoms with Crippen LogP contribution in [0.1, 0.15) is 31.4 Å². The van der Waals surface area contributed by atoms with Crippen molar-refractivity contribution < 1.29 is 19.1 Å². The maximum atomic E-state index is 13.2. The van der Waals surface area contributed by atoms with E-state index in [9.17, 15) is 14.4 Å². The zero-order chi connectivity index (χ0) is 20.5. The third-order valence-electron chi connectivity index (χ3n) is 5.24. The summed E-state index contributed by atoms with van der Waals surface area (Å²) in [6, 6.07) is 14.4. The molecule has 1 unspecified atom stereocenters. The highest BCUT2D eigenvalue weighted by molar-refractivity contribution is 6.06. The van der Waals surface area contributed by atoms with Gasteiger partial charge in [0.2, 0.25) is 0 Å². The van der Waals surface area contributed by atoms with Crippen molar-refractivity contribution in [1.29, 1.82) is 0 Å². The number of hydrogen-bond donors (Lipinski definition) is 2. The predicted molar refractivity (Wildman–Crippen MR) is 108 cm³/mol. The zero-order valence-electron chi connectivity index (χ0n) is 16.3. The lowest BCUT2D eigenvalue weighted by atomic mass is 9.95. The normalized spacial score (nSPS) is 18.8. The average Bonchev–Trinajstić information content (AvgIpc) is 3.54. The van der Waals surface area contributed by atoms with E-state index in [2.05, 4.69) is 10.6 Å². The van der Waals surface area contributed by atoms with Crippen LogP contribution in [0.3, 0.4) is 0 Å². The predicted octanol–water partition coefficient (Wildman–Crippen LogP) is 2.76. The van der Waals surface area contributed by atoms with Crippen molar-refractivity contribution in [2.45, 2.75) is 38.0 Å². The molecule has 1 heterocycles. The van der Waals surface area contributed by atoms with Gasteiger partial charge in [0, 0.05) is 18.7 Å². The number of carbonyl (C=O) groups excluding carboxylic acids is 3. The Bertz CT molecular complexity index is 970. The van der Waals surface area contributed by atoms with Crippen LogP contribution in [0.2, 0.25) is 0 Å². The number of likely N-dealkylation sites (N-methyl/N-ethyl adjacent to an activating group) is 1. The minimum Gasteiger partial charge on any atom is -0.436 e. The van der Waals surface area contributed by atoms with Gasteiger partial charge in [-0.2, -0.15) is 0 Å². The van der Waals surface area contributed by atoms with Crippen LogP contribution in [0.4, 0.5) is 10.5 Å². The number of hydrogen-bond acceptors (Lipinski definition) is 4. The molecule has 2 atom stereocenters. The van der Waals surface area contributed by atoms with Crippen LogP contribution in [-0.4, -0.2) is 37.1 Å². The van der Waals surface area contributed by atoms with Gasteiger partial charge in [0.1, 0.15) is 6.04 Å². The Morgan fingerprint density at radius 2 is 1.69 bits per heavy atom. The highest BCUT2D eigenvalue weighted by Gasteiger charge is 2.34. The van der Waals surface area contributed by atoms with Gasteiger partial charge < -0.3 is 20.3 Å². The van der Waals surface area contributed by atoms with Crippen molar-refractivity contribution in [3.05, 3.63) is 54.1 Å². The minimum atomic E-state index is -1.02. The van der Waals surface area contributed by atoms with Gasteiger partial charge in [0.15, 0.2) is 6.10 Å². The highest BCUT2D eigenvalue weighted by atomic mass is 16.6. The summed E-state index contributed by atoms with van der Waals surface area (Å²) < 4.78 is 5.16. The molecule has 2 aromatic carbocycles. The van der Waals surface area contributed by atoms with Crippen LogP contribution in [0, 0.1) is 0 Å². The molecule has 3 amide bonds. The number of amides is 3. The number of anilines is 1. The van der Waals surface area contributed by atoms with E-state index in [1.807, 2.05) is 48.5 Å².